The molecule has 0 unspecified atom stereocenters. The zero-order valence-corrected chi connectivity index (χ0v) is 25.3. The molecule has 238 valence electrons. The summed E-state index contributed by atoms with van der Waals surface area (Å²) in [5, 5.41) is 21.2. The quantitative estimate of drug-likeness (QED) is 0.130. The van der Waals surface area contributed by atoms with Crippen LogP contribution in [0.5, 0.6) is 29.0 Å². The highest BCUT2D eigenvalue weighted by Gasteiger charge is 2.28. The average molecular weight is 628 g/mol. The minimum atomic E-state index is -1.08. The number of nitrogens with one attached hydrogen (secondary N) is 2. The number of likely N-dealkylation sites (tertiary alicyclic amines) is 1. The SMILES string of the molecule is CN1CCN=C1c1cccc(Oc2nc(Oc3cc(C(=N)N)ccc3O)c(F)c(NC3CCN(Cc4ccccc4)CC3)c2F)c1. The number of hydrogen-bond donors (Lipinski definition) is 4. The van der Waals surface area contributed by atoms with Gasteiger partial charge in [-0.05, 0) is 48.7 Å². The van der Waals surface area contributed by atoms with Gasteiger partial charge in [-0.1, -0.05) is 42.5 Å². The third-order valence-corrected chi connectivity index (χ3v) is 8.05. The number of nitrogens with zero attached hydrogens (tertiary/aromatic N) is 4. The zero-order valence-electron chi connectivity index (χ0n) is 25.3. The lowest BCUT2D eigenvalue weighted by Crippen LogP contribution is -2.39. The molecular formula is C34H35F2N7O3. The number of hydrogen-bond acceptors (Lipinski definition) is 9. The number of amidine groups is 2. The van der Waals surface area contributed by atoms with Gasteiger partial charge in [0.15, 0.2) is 11.5 Å². The van der Waals surface area contributed by atoms with Gasteiger partial charge >= 0.3 is 0 Å². The van der Waals surface area contributed by atoms with Crippen molar-refractivity contribution >= 4 is 17.4 Å². The normalized spacial score (nSPS) is 15.5. The monoisotopic (exact) mass is 627 g/mol. The Morgan fingerprint density at radius 2 is 1.72 bits per heavy atom. The van der Waals surface area contributed by atoms with Gasteiger partial charge in [0, 0.05) is 50.4 Å². The molecule has 0 aliphatic carbocycles. The van der Waals surface area contributed by atoms with Crippen molar-refractivity contribution in [2.24, 2.45) is 10.7 Å². The minimum absolute atomic E-state index is 0.207. The maximum atomic E-state index is 16.1. The van der Waals surface area contributed by atoms with E-state index in [1.54, 1.807) is 18.2 Å². The number of phenolic OH excluding ortho intramolecular Hbond substituents is 1. The first kappa shape index (κ1) is 30.8. The Morgan fingerprint density at radius 1 is 0.978 bits per heavy atom. The fraction of sp³-hybridized carbons (Fsp3) is 0.265. The lowest BCUT2D eigenvalue weighted by molar-refractivity contribution is 0.211. The molecule has 10 nitrogen and oxygen atoms in total. The fourth-order valence-electron chi connectivity index (χ4n) is 5.57. The molecule has 0 saturated carbocycles. The van der Waals surface area contributed by atoms with Crippen molar-refractivity contribution in [2.45, 2.75) is 25.4 Å². The van der Waals surface area contributed by atoms with Crippen LogP contribution in [0.25, 0.3) is 0 Å². The van der Waals surface area contributed by atoms with Crippen LogP contribution in [0, 0.1) is 17.0 Å². The molecule has 0 spiro atoms. The third kappa shape index (κ3) is 6.86. The Kier molecular flexibility index (Phi) is 8.97. The Hall–Kier alpha value is -5.23. The second-order valence-corrected chi connectivity index (χ2v) is 11.4. The zero-order chi connectivity index (χ0) is 32.2. The number of anilines is 1. The number of ether oxygens (including phenoxy) is 2. The predicted molar refractivity (Wildman–Crippen MR) is 172 cm³/mol. The molecule has 5 N–H and O–H groups in total. The fourth-order valence-corrected chi connectivity index (χ4v) is 5.57. The number of nitrogens with two attached hydrogens (primary N) is 1. The Bertz CT molecular complexity index is 1760. The molecule has 46 heavy (non-hydrogen) atoms. The maximum absolute atomic E-state index is 16.1. The van der Waals surface area contributed by atoms with Crippen molar-refractivity contribution in [3.8, 4) is 29.0 Å². The second-order valence-electron chi connectivity index (χ2n) is 11.4. The number of aromatic nitrogens is 1. The van der Waals surface area contributed by atoms with E-state index in [0.717, 1.165) is 37.6 Å². The summed E-state index contributed by atoms with van der Waals surface area (Å²) in [6, 6.07) is 20.9. The number of likely N-dealkylation sites (N-methyl/N-ethyl adjacent to an activating group) is 1. The second kappa shape index (κ2) is 13.4. The minimum Gasteiger partial charge on any atom is -0.504 e. The van der Waals surface area contributed by atoms with Crippen molar-refractivity contribution in [1.29, 1.82) is 5.41 Å². The van der Waals surface area contributed by atoms with Crippen LogP contribution in [0.4, 0.5) is 14.5 Å². The number of aliphatic imine (C=N–C) groups is 1. The van der Waals surface area contributed by atoms with Crippen LogP contribution in [0.1, 0.15) is 29.5 Å². The summed E-state index contributed by atoms with van der Waals surface area (Å²) in [6.07, 6.45) is 1.30. The van der Waals surface area contributed by atoms with Crippen LogP contribution in [0.2, 0.25) is 0 Å². The Labute approximate surface area is 265 Å². The van der Waals surface area contributed by atoms with Crippen molar-refractivity contribution < 1.29 is 23.4 Å². The van der Waals surface area contributed by atoms with E-state index < -0.39 is 29.1 Å². The average Bonchev–Trinajstić information content (AvgIpc) is 3.49. The van der Waals surface area contributed by atoms with Crippen LogP contribution >= 0.6 is 0 Å². The molecule has 2 aliphatic rings. The van der Waals surface area contributed by atoms with Gasteiger partial charge in [-0.2, -0.15) is 13.8 Å². The highest BCUT2D eigenvalue weighted by molar-refractivity contribution is 6.00. The number of halogens is 2. The van der Waals surface area contributed by atoms with Crippen molar-refractivity contribution in [1.82, 2.24) is 14.8 Å². The van der Waals surface area contributed by atoms with Gasteiger partial charge in [0.2, 0.25) is 11.6 Å². The number of rotatable bonds is 10. The lowest BCUT2D eigenvalue weighted by Gasteiger charge is -2.33. The summed E-state index contributed by atoms with van der Waals surface area (Å²) < 4.78 is 43.7. The van der Waals surface area contributed by atoms with E-state index in [0.29, 0.717) is 19.4 Å². The number of phenols is 1. The lowest BCUT2D eigenvalue weighted by atomic mass is 10.0. The molecule has 3 aromatic carbocycles. The molecule has 1 fully saturated rings. The summed E-state index contributed by atoms with van der Waals surface area (Å²) in [6.45, 7) is 3.73. The molecule has 0 radical (unpaired) electrons. The third-order valence-electron chi connectivity index (χ3n) is 8.05. The topological polar surface area (TPSA) is 132 Å². The van der Waals surface area contributed by atoms with E-state index in [9.17, 15) is 5.11 Å². The van der Waals surface area contributed by atoms with E-state index >= 15 is 8.78 Å². The van der Waals surface area contributed by atoms with Crippen LogP contribution < -0.4 is 20.5 Å². The number of nitrogen functional groups attached to an aromatic ring is 1. The van der Waals surface area contributed by atoms with Crippen LogP contribution in [-0.2, 0) is 6.54 Å². The van der Waals surface area contributed by atoms with Gasteiger partial charge in [-0.25, -0.2) is 0 Å². The first-order valence-corrected chi connectivity index (χ1v) is 15.1. The molecule has 0 atom stereocenters. The summed E-state index contributed by atoms with van der Waals surface area (Å²) in [4.78, 5) is 12.9. The highest BCUT2D eigenvalue weighted by atomic mass is 19.1. The van der Waals surface area contributed by atoms with Crippen LogP contribution in [-0.4, -0.2) is 70.8 Å². The summed E-state index contributed by atoms with van der Waals surface area (Å²) >= 11 is 0. The predicted octanol–water partition coefficient (Wildman–Crippen LogP) is 5.70. The van der Waals surface area contributed by atoms with Gasteiger partial charge in [0.05, 0.1) is 6.54 Å². The van der Waals surface area contributed by atoms with Crippen LogP contribution in [0.3, 0.4) is 0 Å². The summed E-state index contributed by atoms with van der Waals surface area (Å²) in [7, 11) is 1.94. The van der Waals surface area contributed by atoms with E-state index in [-0.39, 0.29) is 34.7 Å². The Morgan fingerprint density at radius 3 is 2.41 bits per heavy atom. The molecule has 0 amide bonds. The van der Waals surface area contributed by atoms with Gasteiger partial charge in [-0.3, -0.25) is 15.3 Å². The van der Waals surface area contributed by atoms with Gasteiger partial charge in [-0.15, -0.1) is 0 Å². The van der Waals surface area contributed by atoms with Gasteiger partial charge in [0.25, 0.3) is 11.8 Å². The van der Waals surface area contributed by atoms with Gasteiger partial charge < -0.3 is 30.5 Å². The largest absolute Gasteiger partial charge is 0.504 e. The number of pyridine rings is 1. The van der Waals surface area contributed by atoms with Crippen LogP contribution in [0.15, 0.2) is 77.8 Å². The number of aromatic hydroxyl groups is 1. The van der Waals surface area contributed by atoms with E-state index in [4.69, 9.17) is 20.6 Å². The molecule has 12 heteroatoms. The number of piperidine rings is 1. The molecule has 1 aromatic heterocycles. The van der Waals surface area contributed by atoms with E-state index in [2.05, 4.69) is 32.3 Å². The summed E-state index contributed by atoms with van der Waals surface area (Å²) in [5.74, 6) is -3.00. The Balaban J connectivity index is 1.29. The van der Waals surface area contributed by atoms with Gasteiger partial charge in [0.1, 0.15) is 23.1 Å². The summed E-state index contributed by atoms with van der Waals surface area (Å²) in [5.41, 5.74) is 7.38. The molecule has 2 aliphatic heterocycles. The first-order valence-electron chi connectivity index (χ1n) is 15.1. The molecule has 0 bridgehead atoms. The van der Waals surface area contributed by atoms with E-state index in [1.165, 1.54) is 23.8 Å². The van der Waals surface area contributed by atoms with Crippen molar-refractivity contribution in [2.75, 3.05) is 38.5 Å². The van der Waals surface area contributed by atoms with E-state index in [1.807, 2.05) is 36.2 Å². The molecular weight excluding hydrogens is 592 g/mol. The molecule has 1 saturated heterocycles. The number of benzene rings is 3. The smallest absolute Gasteiger partial charge is 0.261 e. The molecule has 3 heterocycles. The maximum Gasteiger partial charge on any atom is 0.261 e. The first-order chi connectivity index (χ1) is 22.2. The van der Waals surface area contributed by atoms with Crippen molar-refractivity contribution in [3.05, 3.63) is 101 Å². The standard InChI is InChI=1S/C34H35F2N7O3/c1-42-17-14-39-32(42)23-8-5-9-25(18-23)45-33-28(35)30(40-24-12-15-43(16-13-24)20-21-6-3-2-4-7-21)29(36)34(41-33)46-27-19-22(31(37)38)10-11-26(27)44/h2-11,18-19,24,44H,12-17,20H2,1H3,(H3,37,38)(H,40,41). The van der Waals surface area contributed by atoms with Crippen molar-refractivity contribution in [3.63, 3.8) is 0 Å². The highest BCUT2D eigenvalue weighted by Crippen LogP contribution is 2.39. The molecule has 6 rings (SSSR count). The molecule has 4 aromatic rings.